The fraction of sp³-hybridized carbons (Fsp3) is 0.500. The van der Waals surface area contributed by atoms with E-state index in [2.05, 4.69) is 18.0 Å². The predicted octanol–water partition coefficient (Wildman–Crippen LogP) is 1.79. The zero-order chi connectivity index (χ0) is 13.0. The number of methoxy groups -OCH3 is 1. The first-order valence-electron chi connectivity index (χ1n) is 6.09. The molecule has 2 rings (SSSR count). The van der Waals surface area contributed by atoms with Gasteiger partial charge in [-0.05, 0) is 31.2 Å². The van der Waals surface area contributed by atoms with Gasteiger partial charge in [-0.3, -0.25) is 4.90 Å². The lowest BCUT2D eigenvalue weighted by molar-refractivity contribution is 0.156. The minimum atomic E-state index is 0.492. The molecule has 1 unspecified atom stereocenters. The fourth-order valence-electron chi connectivity index (χ4n) is 2.21. The van der Waals surface area contributed by atoms with Crippen LogP contribution in [0.2, 0.25) is 0 Å². The van der Waals surface area contributed by atoms with Crippen LogP contribution in [0.15, 0.2) is 18.2 Å². The molecule has 1 aliphatic rings. The maximum atomic E-state index is 8.94. The highest BCUT2D eigenvalue weighted by molar-refractivity contribution is 5.45. The van der Waals surface area contributed by atoms with Crippen LogP contribution in [0.3, 0.4) is 0 Å². The monoisotopic (exact) mass is 246 g/mol. The third-order valence-corrected chi connectivity index (χ3v) is 3.35. The largest absolute Gasteiger partial charge is 0.495 e. The molecule has 1 aromatic rings. The zero-order valence-electron chi connectivity index (χ0n) is 10.8. The summed E-state index contributed by atoms with van der Waals surface area (Å²) < 4.78 is 10.6. The fourth-order valence-corrected chi connectivity index (χ4v) is 2.21. The summed E-state index contributed by atoms with van der Waals surface area (Å²) in [6.07, 6.45) is 1.09. The molecule has 4 nitrogen and oxygen atoms in total. The first kappa shape index (κ1) is 12.9. The number of hydrogen-bond donors (Lipinski definition) is 0. The predicted molar refractivity (Wildman–Crippen MR) is 68.4 cm³/mol. The second kappa shape index (κ2) is 5.85. The lowest BCUT2D eigenvalue weighted by Gasteiger charge is -2.23. The maximum absolute atomic E-state index is 8.94. The van der Waals surface area contributed by atoms with E-state index in [4.69, 9.17) is 14.7 Å². The molecule has 1 aromatic carbocycles. The lowest BCUT2D eigenvalue weighted by atomic mass is 10.1. The molecule has 0 saturated carbocycles. The second-order valence-electron chi connectivity index (χ2n) is 4.58. The van der Waals surface area contributed by atoms with Crippen molar-refractivity contribution in [3.63, 3.8) is 0 Å². The molecule has 0 bridgehead atoms. The SMILES string of the molecule is COc1cc(CN(C)C2CCOC2)ccc1C#N. The van der Waals surface area contributed by atoms with Crippen LogP contribution in [-0.2, 0) is 11.3 Å². The molecule has 1 fully saturated rings. The standard InChI is InChI=1S/C14H18N2O2/c1-16(13-5-6-18-10-13)9-11-3-4-12(8-15)14(7-11)17-2/h3-4,7,13H,5-6,9-10H2,1-2H3. The van der Waals surface area contributed by atoms with Crippen molar-refractivity contribution in [3.8, 4) is 11.8 Å². The highest BCUT2D eigenvalue weighted by Gasteiger charge is 2.20. The van der Waals surface area contributed by atoms with Crippen LogP contribution in [0.25, 0.3) is 0 Å². The van der Waals surface area contributed by atoms with Crippen LogP contribution in [0.4, 0.5) is 0 Å². The highest BCUT2D eigenvalue weighted by Crippen LogP contribution is 2.21. The van der Waals surface area contributed by atoms with Gasteiger partial charge in [-0.1, -0.05) is 6.07 Å². The third-order valence-electron chi connectivity index (χ3n) is 3.35. The molecule has 0 aromatic heterocycles. The molecular weight excluding hydrogens is 228 g/mol. The van der Waals surface area contributed by atoms with Crippen LogP contribution in [0, 0.1) is 11.3 Å². The maximum Gasteiger partial charge on any atom is 0.136 e. The Morgan fingerprint density at radius 1 is 1.56 bits per heavy atom. The van der Waals surface area contributed by atoms with Crippen LogP contribution >= 0.6 is 0 Å². The van der Waals surface area contributed by atoms with Crippen molar-refractivity contribution >= 4 is 0 Å². The van der Waals surface area contributed by atoms with E-state index in [-0.39, 0.29) is 0 Å². The Labute approximate surface area is 108 Å². The van der Waals surface area contributed by atoms with Crippen molar-refractivity contribution in [2.24, 2.45) is 0 Å². The topological polar surface area (TPSA) is 45.5 Å². The van der Waals surface area contributed by atoms with Gasteiger partial charge in [0.1, 0.15) is 11.8 Å². The summed E-state index contributed by atoms with van der Waals surface area (Å²) >= 11 is 0. The number of nitriles is 1. The molecule has 4 heteroatoms. The molecule has 1 aliphatic heterocycles. The van der Waals surface area contributed by atoms with E-state index in [1.165, 1.54) is 0 Å². The zero-order valence-corrected chi connectivity index (χ0v) is 10.8. The Balaban J connectivity index is 2.07. The van der Waals surface area contributed by atoms with E-state index in [0.717, 1.165) is 31.7 Å². The summed E-state index contributed by atoms with van der Waals surface area (Å²) in [6.45, 7) is 2.51. The molecule has 0 amide bonds. The van der Waals surface area contributed by atoms with E-state index < -0.39 is 0 Å². The second-order valence-corrected chi connectivity index (χ2v) is 4.58. The van der Waals surface area contributed by atoms with E-state index in [1.807, 2.05) is 18.2 Å². The van der Waals surface area contributed by atoms with Gasteiger partial charge in [0.05, 0.1) is 19.3 Å². The van der Waals surface area contributed by atoms with Gasteiger partial charge in [-0.25, -0.2) is 0 Å². The number of ether oxygens (including phenoxy) is 2. The molecule has 0 spiro atoms. The summed E-state index contributed by atoms with van der Waals surface area (Å²) in [5.41, 5.74) is 1.73. The number of hydrogen-bond acceptors (Lipinski definition) is 4. The van der Waals surface area contributed by atoms with Gasteiger partial charge in [0, 0.05) is 19.2 Å². The van der Waals surface area contributed by atoms with Gasteiger partial charge in [0.25, 0.3) is 0 Å². The number of nitrogens with zero attached hydrogens (tertiary/aromatic N) is 2. The summed E-state index contributed by atoms with van der Waals surface area (Å²) in [5, 5.41) is 8.94. The summed E-state index contributed by atoms with van der Waals surface area (Å²) in [7, 11) is 3.69. The molecule has 18 heavy (non-hydrogen) atoms. The summed E-state index contributed by atoms with van der Waals surface area (Å²) in [4.78, 5) is 2.29. The molecule has 96 valence electrons. The highest BCUT2D eigenvalue weighted by atomic mass is 16.5. The molecule has 1 heterocycles. The van der Waals surface area contributed by atoms with Gasteiger partial charge >= 0.3 is 0 Å². The van der Waals surface area contributed by atoms with E-state index in [1.54, 1.807) is 7.11 Å². The van der Waals surface area contributed by atoms with Gasteiger partial charge in [0.15, 0.2) is 0 Å². The summed E-state index contributed by atoms with van der Waals surface area (Å²) in [5.74, 6) is 0.645. The van der Waals surface area contributed by atoms with Gasteiger partial charge in [-0.15, -0.1) is 0 Å². The molecular formula is C14H18N2O2. The van der Waals surface area contributed by atoms with E-state index in [0.29, 0.717) is 17.4 Å². The van der Waals surface area contributed by atoms with Crippen molar-refractivity contribution in [2.75, 3.05) is 27.4 Å². The van der Waals surface area contributed by atoms with Crippen LogP contribution < -0.4 is 4.74 Å². The lowest BCUT2D eigenvalue weighted by Crippen LogP contribution is -2.31. The van der Waals surface area contributed by atoms with Crippen molar-refractivity contribution in [1.29, 1.82) is 5.26 Å². The third kappa shape index (κ3) is 2.81. The van der Waals surface area contributed by atoms with Crippen molar-refractivity contribution < 1.29 is 9.47 Å². The van der Waals surface area contributed by atoms with E-state index >= 15 is 0 Å². The van der Waals surface area contributed by atoms with Crippen molar-refractivity contribution in [1.82, 2.24) is 4.90 Å². The molecule has 0 N–H and O–H groups in total. The number of benzene rings is 1. The molecule has 1 saturated heterocycles. The average Bonchev–Trinajstić information content (AvgIpc) is 2.92. The van der Waals surface area contributed by atoms with Crippen LogP contribution in [0.5, 0.6) is 5.75 Å². The molecule has 1 atom stereocenters. The number of rotatable bonds is 4. The van der Waals surface area contributed by atoms with Gasteiger partial charge in [0.2, 0.25) is 0 Å². The minimum Gasteiger partial charge on any atom is -0.495 e. The Hall–Kier alpha value is -1.57. The quantitative estimate of drug-likeness (QED) is 0.812. The Kier molecular flexibility index (Phi) is 4.19. The molecule has 0 radical (unpaired) electrons. The number of likely N-dealkylation sites (N-methyl/N-ethyl adjacent to an activating group) is 1. The van der Waals surface area contributed by atoms with Crippen LogP contribution in [-0.4, -0.2) is 38.3 Å². The smallest absolute Gasteiger partial charge is 0.136 e. The Bertz CT molecular complexity index is 448. The van der Waals surface area contributed by atoms with Gasteiger partial charge in [-0.2, -0.15) is 5.26 Å². The Morgan fingerprint density at radius 3 is 3.00 bits per heavy atom. The summed E-state index contributed by atoms with van der Waals surface area (Å²) in [6, 6.07) is 8.34. The van der Waals surface area contributed by atoms with Crippen molar-refractivity contribution in [3.05, 3.63) is 29.3 Å². The average molecular weight is 246 g/mol. The van der Waals surface area contributed by atoms with E-state index in [9.17, 15) is 0 Å². The van der Waals surface area contributed by atoms with Crippen LogP contribution in [0.1, 0.15) is 17.5 Å². The Morgan fingerprint density at radius 2 is 2.39 bits per heavy atom. The minimum absolute atomic E-state index is 0.492. The van der Waals surface area contributed by atoms with Gasteiger partial charge < -0.3 is 9.47 Å². The van der Waals surface area contributed by atoms with Crippen molar-refractivity contribution in [2.45, 2.75) is 19.0 Å². The normalized spacial score (nSPS) is 18.9. The molecule has 0 aliphatic carbocycles. The first-order chi connectivity index (χ1) is 8.74. The first-order valence-corrected chi connectivity index (χ1v) is 6.09.